The molecule has 0 aromatic heterocycles. The van der Waals surface area contributed by atoms with Crippen molar-refractivity contribution in [2.45, 2.75) is 27.3 Å². The third kappa shape index (κ3) is 4.62. The summed E-state index contributed by atoms with van der Waals surface area (Å²) in [5.74, 6) is 0.881. The van der Waals surface area contributed by atoms with E-state index in [2.05, 4.69) is 25.8 Å². The Labute approximate surface area is 121 Å². The molecule has 1 aromatic rings. The van der Waals surface area contributed by atoms with E-state index in [1.807, 2.05) is 12.1 Å². The molecule has 0 saturated carbocycles. The Morgan fingerprint density at radius 3 is 2.55 bits per heavy atom. The van der Waals surface area contributed by atoms with Gasteiger partial charge in [0.1, 0.15) is 5.75 Å². The van der Waals surface area contributed by atoms with Gasteiger partial charge in [0, 0.05) is 24.2 Å². The van der Waals surface area contributed by atoms with Gasteiger partial charge >= 0.3 is 0 Å². The molecular weight excluding hydrogens is 252 g/mol. The number of ketones is 1. The Balaban J connectivity index is 2.89. The number of hydrogen-bond donors (Lipinski definition) is 1. The highest BCUT2D eigenvalue weighted by Gasteiger charge is 2.19. The van der Waals surface area contributed by atoms with Gasteiger partial charge in [-0.15, -0.1) is 0 Å². The summed E-state index contributed by atoms with van der Waals surface area (Å²) in [4.78, 5) is 13.7. The van der Waals surface area contributed by atoms with E-state index in [4.69, 9.17) is 10.5 Å². The van der Waals surface area contributed by atoms with Crippen LogP contribution in [0.4, 0.5) is 0 Å². The molecule has 0 atom stereocenters. The Bertz CT molecular complexity index is 470. The fraction of sp³-hybridized carbons (Fsp3) is 0.562. The smallest absolute Gasteiger partial charge is 0.159 e. The van der Waals surface area contributed by atoms with Crippen molar-refractivity contribution in [1.82, 2.24) is 4.90 Å². The summed E-state index contributed by atoms with van der Waals surface area (Å²) < 4.78 is 5.37. The summed E-state index contributed by atoms with van der Waals surface area (Å²) in [6.07, 6.45) is 0. The maximum Gasteiger partial charge on any atom is 0.159 e. The average Bonchev–Trinajstić information content (AvgIpc) is 2.37. The van der Waals surface area contributed by atoms with Gasteiger partial charge in [-0.1, -0.05) is 13.8 Å². The monoisotopic (exact) mass is 278 g/mol. The van der Waals surface area contributed by atoms with Crippen LogP contribution in [0.25, 0.3) is 0 Å². The van der Waals surface area contributed by atoms with Crippen LogP contribution >= 0.6 is 0 Å². The quantitative estimate of drug-likeness (QED) is 0.778. The van der Waals surface area contributed by atoms with Gasteiger partial charge in [-0.3, -0.25) is 4.79 Å². The van der Waals surface area contributed by atoms with E-state index in [1.165, 1.54) is 0 Å². The summed E-state index contributed by atoms with van der Waals surface area (Å²) >= 11 is 0. The van der Waals surface area contributed by atoms with Crippen LogP contribution in [0, 0.1) is 5.41 Å². The fourth-order valence-electron chi connectivity index (χ4n) is 2.26. The van der Waals surface area contributed by atoms with Gasteiger partial charge in [0.2, 0.25) is 0 Å². The molecule has 0 aliphatic rings. The number of ether oxygens (including phenoxy) is 1. The molecule has 0 spiro atoms. The van der Waals surface area contributed by atoms with Crippen molar-refractivity contribution in [2.75, 3.05) is 27.2 Å². The van der Waals surface area contributed by atoms with Crippen LogP contribution < -0.4 is 10.5 Å². The Kier molecular flexibility index (Phi) is 5.72. The van der Waals surface area contributed by atoms with Crippen LogP contribution in [-0.2, 0) is 6.54 Å². The molecule has 0 saturated heterocycles. The van der Waals surface area contributed by atoms with Crippen molar-refractivity contribution in [1.29, 1.82) is 0 Å². The second-order valence-corrected chi connectivity index (χ2v) is 6.12. The molecule has 1 rings (SSSR count). The zero-order valence-electron chi connectivity index (χ0n) is 13.2. The van der Waals surface area contributed by atoms with Gasteiger partial charge in [-0.2, -0.15) is 0 Å². The highest BCUT2D eigenvalue weighted by Crippen LogP contribution is 2.23. The lowest BCUT2D eigenvalue weighted by Gasteiger charge is -2.29. The van der Waals surface area contributed by atoms with E-state index >= 15 is 0 Å². The molecule has 0 amide bonds. The minimum Gasteiger partial charge on any atom is -0.496 e. The van der Waals surface area contributed by atoms with Gasteiger partial charge in [0.05, 0.1) is 7.11 Å². The zero-order valence-corrected chi connectivity index (χ0v) is 13.2. The maximum absolute atomic E-state index is 11.5. The Morgan fingerprint density at radius 2 is 2.05 bits per heavy atom. The summed E-state index contributed by atoms with van der Waals surface area (Å²) in [5.41, 5.74) is 7.58. The van der Waals surface area contributed by atoms with E-state index in [1.54, 1.807) is 20.1 Å². The van der Waals surface area contributed by atoms with Crippen molar-refractivity contribution in [3.8, 4) is 5.75 Å². The summed E-state index contributed by atoms with van der Waals surface area (Å²) in [6.45, 7) is 8.12. The van der Waals surface area contributed by atoms with E-state index < -0.39 is 0 Å². The first-order chi connectivity index (χ1) is 9.29. The number of rotatable bonds is 7. The minimum absolute atomic E-state index is 0.0684. The third-order valence-corrected chi connectivity index (χ3v) is 3.38. The molecule has 112 valence electrons. The molecule has 0 fully saturated rings. The molecular formula is C16H26N2O2. The lowest BCUT2D eigenvalue weighted by atomic mass is 9.93. The van der Waals surface area contributed by atoms with Gasteiger partial charge in [-0.05, 0) is 44.1 Å². The van der Waals surface area contributed by atoms with Crippen molar-refractivity contribution in [3.05, 3.63) is 29.3 Å². The van der Waals surface area contributed by atoms with E-state index in [-0.39, 0.29) is 11.2 Å². The molecule has 0 bridgehead atoms. The molecule has 4 nitrogen and oxygen atoms in total. The van der Waals surface area contributed by atoms with Crippen LogP contribution in [0.2, 0.25) is 0 Å². The number of nitrogens with zero attached hydrogens (tertiary/aromatic N) is 1. The van der Waals surface area contributed by atoms with Crippen molar-refractivity contribution in [3.63, 3.8) is 0 Å². The molecule has 0 aliphatic heterocycles. The second-order valence-electron chi connectivity index (χ2n) is 6.12. The summed E-state index contributed by atoms with van der Waals surface area (Å²) in [6, 6.07) is 5.57. The maximum atomic E-state index is 11.5. The predicted octanol–water partition coefficient (Wildman–Crippen LogP) is 2.31. The number of carbonyl (C=O) groups excluding carboxylic acids is 1. The largest absolute Gasteiger partial charge is 0.496 e. The normalized spacial score (nSPS) is 11.8. The van der Waals surface area contributed by atoms with Gasteiger partial charge < -0.3 is 15.4 Å². The molecule has 2 N–H and O–H groups in total. The first kappa shape index (κ1) is 16.7. The van der Waals surface area contributed by atoms with Gasteiger partial charge in [0.15, 0.2) is 5.78 Å². The first-order valence-electron chi connectivity index (χ1n) is 6.85. The van der Waals surface area contributed by atoms with E-state index in [9.17, 15) is 4.79 Å². The second kappa shape index (κ2) is 6.86. The van der Waals surface area contributed by atoms with Crippen molar-refractivity contribution >= 4 is 5.78 Å². The first-order valence-corrected chi connectivity index (χ1v) is 6.85. The van der Waals surface area contributed by atoms with Crippen LogP contribution in [0.15, 0.2) is 18.2 Å². The Hall–Kier alpha value is -1.39. The molecule has 0 unspecified atom stereocenters. The number of Topliss-reactive ketones (excluding diaryl/α,β-unsaturated/α-hetero) is 1. The molecule has 20 heavy (non-hydrogen) atoms. The van der Waals surface area contributed by atoms with Crippen LogP contribution in [0.3, 0.4) is 0 Å². The highest BCUT2D eigenvalue weighted by atomic mass is 16.5. The van der Waals surface area contributed by atoms with Crippen LogP contribution in [-0.4, -0.2) is 37.9 Å². The van der Waals surface area contributed by atoms with E-state index in [0.717, 1.165) is 24.4 Å². The summed E-state index contributed by atoms with van der Waals surface area (Å²) in [5, 5.41) is 0. The molecule has 0 radical (unpaired) electrons. The topological polar surface area (TPSA) is 55.6 Å². The van der Waals surface area contributed by atoms with Crippen molar-refractivity contribution in [2.24, 2.45) is 11.1 Å². The molecule has 0 aliphatic carbocycles. The van der Waals surface area contributed by atoms with Gasteiger partial charge in [0.25, 0.3) is 0 Å². The molecule has 1 aromatic carbocycles. The number of benzene rings is 1. The SMILES string of the molecule is COc1ccc(C(C)=O)cc1CN(C)CC(C)(C)CN. The van der Waals surface area contributed by atoms with Crippen molar-refractivity contribution < 1.29 is 9.53 Å². The highest BCUT2D eigenvalue weighted by molar-refractivity contribution is 5.94. The Morgan fingerprint density at radius 1 is 1.40 bits per heavy atom. The molecule has 0 heterocycles. The molecule has 4 heteroatoms. The minimum atomic E-state index is 0.0684. The summed E-state index contributed by atoms with van der Waals surface area (Å²) in [7, 11) is 3.70. The zero-order chi connectivity index (χ0) is 15.3. The van der Waals surface area contributed by atoms with E-state index in [0.29, 0.717) is 12.1 Å². The third-order valence-electron chi connectivity index (χ3n) is 3.38. The number of nitrogens with two attached hydrogens (primary N) is 1. The standard InChI is InChI=1S/C16H26N2O2/c1-12(19)13-6-7-15(20-5)14(8-13)9-18(4)11-16(2,3)10-17/h6-8H,9-11,17H2,1-5H3. The fourth-order valence-corrected chi connectivity index (χ4v) is 2.26. The predicted molar refractivity (Wildman–Crippen MR) is 82.2 cm³/mol. The lowest BCUT2D eigenvalue weighted by Crippen LogP contribution is -2.36. The number of carbonyl (C=O) groups is 1. The average molecular weight is 278 g/mol. The van der Waals surface area contributed by atoms with Gasteiger partial charge in [-0.25, -0.2) is 0 Å². The number of hydrogen-bond acceptors (Lipinski definition) is 4. The number of methoxy groups -OCH3 is 1. The van der Waals surface area contributed by atoms with Crippen LogP contribution in [0.1, 0.15) is 36.7 Å². The van der Waals surface area contributed by atoms with Crippen LogP contribution in [0.5, 0.6) is 5.75 Å². The lowest BCUT2D eigenvalue weighted by molar-refractivity contribution is 0.101.